The number of hydrazone groups is 1. The predicted molar refractivity (Wildman–Crippen MR) is 145 cm³/mol. The highest BCUT2D eigenvalue weighted by molar-refractivity contribution is 6.06. The number of Topliss-reactive ketones (excluding diaryl/α,β-unsaturated/α-hetero) is 1. The summed E-state index contributed by atoms with van der Waals surface area (Å²) in [5, 5.41) is 29.8. The van der Waals surface area contributed by atoms with Gasteiger partial charge in [-0.1, -0.05) is 25.2 Å². The van der Waals surface area contributed by atoms with Crippen molar-refractivity contribution in [3.63, 3.8) is 0 Å². The van der Waals surface area contributed by atoms with Gasteiger partial charge in [0.2, 0.25) is 11.8 Å². The van der Waals surface area contributed by atoms with E-state index in [4.69, 9.17) is 4.74 Å². The minimum atomic E-state index is -2.01. The van der Waals surface area contributed by atoms with Crippen LogP contribution in [0.2, 0.25) is 0 Å². The maximum Gasteiger partial charge on any atom is 0.259 e. The number of epoxide rings is 1. The Balaban J connectivity index is 1.25. The molecule has 0 unspecified atom stereocenters. The van der Waals surface area contributed by atoms with Crippen LogP contribution in [0.25, 0.3) is 0 Å². The van der Waals surface area contributed by atoms with Gasteiger partial charge < -0.3 is 25.6 Å². The van der Waals surface area contributed by atoms with Crippen LogP contribution in [0, 0.1) is 23.2 Å². The van der Waals surface area contributed by atoms with E-state index in [2.05, 4.69) is 27.7 Å². The molecular weight excluding hydrogens is 535 g/mol. The van der Waals surface area contributed by atoms with Crippen molar-refractivity contribution in [1.29, 1.82) is 0 Å². The number of alkyl halides is 1. The summed E-state index contributed by atoms with van der Waals surface area (Å²) >= 11 is 0. The van der Waals surface area contributed by atoms with Gasteiger partial charge in [-0.15, -0.1) is 0 Å². The number of hydrogen-bond acceptors (Lipinski definition) is 8. The van der Waals surface area contributed by atoms with Crippen LogP contribution in [0.3, 0.4) is 0 Å². The zero-order valence-corrected chi connectivity index (χ0v) is 23.5. The van der Waals surface area contributed by atoms with Crippen LogP contribution < -0.4 is 16.1 Å². The van der Waals surface area contributed by atoms with Crippen molar-refractivity contribution in [3.8, 4) is 0 Å². The average molecular weight is 573 g/mol. The number of fused-ring (bicyclic) bond motifs is 4. The highest BCUT2D eigenvalue weighted by Gasteiger charge is 2.87. The number of carbonyl (C=O) groups is 4. The fraction of sp³-hybridized carbons (Fsp3) is 0.621. The fourth-order valence-corrected chi connectivity index (χ4v) is 8.05. The molecule has 11 nitrogen and oxygen atoms in total. The maximum atomic E-state index is 17.4. The number of carbonyl (C=O) groups excluding carboxylic acids is 4. The molecule has 222 valence electrons. The number of hydrogen-bond donors (Lipinski definition) is 5. The number of aliphatic hydroxyl groups excluding tert-OH is 2. The molecule has 5 N–H and O–H groups in total. The number of nitrogens with zero attached hydrogens (tertiary/aromatic N) is 1. The van der Waals surface area contributed by atoms with Gasteiger partial charge in [0.05, 0.1) is 24.9 Å². The van der Waals surface area contributed by atoms with E-state index >= 15 is 4.39 Å². The van der Waals surface area contributed by atoms with E-state index in [0.717, 1.165) is 5.57 Å². The van der Waals surface area contributed by atoms with Gasteiger partial charge >= 0.3 is 0 Å². The van der Waals surface area contributed by atoms with Gasteiger partial charge in [0.15, 0.2) is 17.1 Å². The lowest BCUT2D eigenvalue weighted by Gasteiger charge is -2.59. The van der Waals surface area contributed by atoms with Crippen molar-refractivity contribution in [2.24, 2.45) is 28.3 Å². The lowest BCUT2D eigenvalue weighted by Crippen LogP contribution is -2.66. The van der Waals surface area contributed by atoms with Gasteiger partial charge in [0.1, 0.15) is 12.2 Å². The van der Waals surface area contributed by atoms with Crippen LogP contribution in [0.5, 0.6) is 0 Å². The molecule has 5 aliphatic rings. The standard InChI is InChI=1S/C29H37FN4O7/c1-15(2)25(40)32-12-23(38)31-13-24(39)34-33-18-7-8-26(4)17(10-18)5-6-19-20-9-16(3)29(22(37)14-35)27(20,41-29)11-21(36)28(19,26)30/h7-8,10,16,19-21,35-36H,1,5-6,9,11-14H2,2-4H3,(H,31,38)(H,32,40)(H,34,39)/b33-18-/t16-,19+,20+,21+,26+,27-,28+,29+/m1/s1. The van der Waals surface area contributed by atoms with Crippen LogP contribution in [0.1, 0.15) is 46.5 Å². The Morgan fingerprint density at radius 3 is 2.59 bits per heavy atom. The quantitative estimate of drug-likeness (QED) is 0.159. The summed E-state index contributed by atoms with van der Waals surface area (Å²) in [4.78, 5) is 48.2. The summed E-state index contributed by atoms with van der Waals surface area (Å²) in [7, 11) is 0. The van der Waals surface area contributed by atoms with Crippen LogP contribution in [0.4, 0.5) is 4.39 Å². The molecule has 3 saturated carbocycles. The minimum absolute atomic E-state index is 0.0168. The number of nitrogens with one attached hydrogen (secondary N) is 3. The Bertz CT molecular complexity index is 1310. The van der Waals surface area contributed by atoms with Crippen molar-refractivity contribution < 1.29 is 38.5 Å². The number of ether oxygens (including phenoxy) is 1. The summed E-state index contributed by atoms with van der Waals surface area (Å²) in [5.41, 5.74) is -1.48. The average Bonchev–Trinajstić information content (AvgIpc) is 3.54. The molecule has 0 aromatic rings. The highest BCUT2D eigenvalue weighted by Crippen LogP contribution is 2.76. The molecule has 1 saturated heterocycles. The molecule has 41 heavy (non-hydrogen) atoms. The van der Waals surface area contributed by atoms with Crippen molar-refractivity contribution in [2.75, 3.05) is 19.7 Å². The Morgan fingerprint density at radius 2 is 1.90 bits per heavy atom. The van der Waals surface area contributed by atoms with Crippen LogP contribution in [-0.4, -0.2) is 82.1 Å². The molecule has 3 amide bonds. The zero-order valence-electron chi connectivity index (χ0n) is 23.5. The minimum Gasteiger partial charge on any atom is -0.390 e. The lowest BCUT2D eigenvalue weighted by atomic mass is 9.48. The molecule has 1 aliphatic heterocycles. The van der Waals surface area contributed by atoms with E-state index < -0.39 is 64.4 Å². The molecule has 0 aromatic carbocycles. The number of halogens is 1. The van der Waals surface area contributed by atoms with Crippen LogP contribution in [0.15, 0.2) is 41.1 Å². The molecule has 8 atom stereocenters. The normalized spacial score (nSPS) is 40.7. The van der Waals surface area contributed by atoms with E-state index in [1.165, 1.54) is 6.92 Å². The van der Waals surface area contributed by atoms with Crippen molar-refractivity contribution in [2.45, 2.75) is 69.4 Å². The summed E-state index contributed by atoms with van der Waals surface area (Å²) in [5.74, 6) is -2.99. The van der Waals surface area contributed by atoms with Gasteiger partial charge in [0, 0.05) is 23.3 Å². The molecule has 0 radical (unpaired) electrons. The molecule has 4 fully saturated rings. The monoisotopic (exact) mass is 572 g/mol. The number of ketones is 1. The third-order valence-electron chi connectivity index (χ3n) is 10.0. The predicted octanol–water partition coefficient (Wildman–Crippen LogP) is 0.378. The Morgan fingerprint density at radius 1 is 1.20 bits per heavy atom. The van der Waals surface area contributed by atoms with Gasteiger partial charge in [-0.2, -0.15) is 5.10 Å². The second kappa shape index (κ2) is 9.95. The molecular formula is C29H37FN4O7. The second-order valence-electron chi connectivity index (χ2n) is 12.2. The third-order valence-corrected chi connectivity index (χ3v) is 10.0. The molecule has 4 aliphatic carbocycles. The van der Waals surface area contributed by atoms with Gasteiger partial charge in [0.25, 0.3) is 5.91 Å². The zero-order chi connectivity index (χ0) is 30.0. The first-order valence-corrected chi connectivity index (χ1v) is 14.0. The molecule has 1 heterocycles. The number of amides is 3. The smallest absolute Gasteiger partial charge is 0.259 e. The first kappa shape index (κ1) is 29.3. The van der Waals surface area contributed by atoms with Crippen LogP contribution >= 0.6 is 0 Å². The fourth-order valence-electron chi connectivity index (χ4n) is 8.05. The van der Waals surface area contributed by atoms with Crippen LogP contribution in [-0.2, 0) is 23.9 Å². The maximum absolute atomic E-state index is 17.4. The number of rotatable bonds is 8. The van der Waals surface area contributed by atoms with E-state index in [9.17, 15) is 29.4 Å². The topological polar surface area (TPSA) is 170 Å². The molecule has 0 aromatic heterocycles. The molecule has 12 heteroatoms. The largest absolute Gasteiger partial charge is 0.390 e. The SMILES string of the molecule is C=C(C)C(=O)NCC(=O)NCC(=O)N/N=C1/C=C[C@@]2(C)C(=C1)CC[C@H]1[C@@H]3C[C@@H](C)[C@@]4(C(=O)CO)O[C@]34C[C@H](O)[C@@]12F. The molecule has 5 rings (SSSR count). The van der Waals surface area contributed by atoms with E-state index in [-0.39, 0.29) is 36.9 Å². The Labute approximate surface area is 237 Å². The second-order valence-corrected chi connectivity index (χ2v) is 12.2. The Hall–Kier alpha value is -3.22. The molecule has 0 bridgehead atoms. The summed E-state index contributed by atoms with van der Waals surface area (Å²) < 4.78 is 23.4. The molecule has 1 spiro atoms. The van der Waals surface area contributed by atoms with Crippen molar-refractivity contribution in [1.82, 2.24) is 16.1 Å². The highest BCUT2D eigenvalue weighted by atomic mass is 19.1. The van der Waals surface area contributed by atoms with Crippen molar-refractivity contribution >= 4 is 29.2 Å². The first-order valence-electron chi connectivity index (χ1n) is 14.0. The van der Waals surface area contributed by atoms with Gasteiger partial charge in [-0.05, 0) is 57.1 Å². The van der Waals surface area contributed by atoms with E-state index in [1.807, 2.05) is 6.92 Å². The number of aliphatic hydroxyl groups is 2. The lowest BCUT2D eigenvalue weighted by molar-refractivity contribution is -0.179. The van der Waals surface area contributed by atoms with E-state index in [0.29, 0.717) is 25.0 Å². The van der Waals surface area contributed by atoms with Gasteiger partial charge in [-0.25, -0.2) is 9.82 Å². The Kier molecular flexibility index (Phi) is 7.11. The summed E-state index contributed by atoms with van der Waals surface area (Å²) in [6.07, 6.45) is 5.16. The summed E-state index contributed by atoms with van der Waals surface area (Å²) in [6.45, 7) is 7.33. The third kappa shape index (κ3) is 4.13. The van der Waals surface area contributed by atoms with Crippen molar-refractivity contribution in [3.05, 3.63) is 36.0 Å². The van der Waals surface area contributed by atoms with Gasteiger partial charge in [-0.3, -0.25) is 19.2 Å². The van der Waals surface area contributed by atoms with E-state index in [1.54, 1.807) is 25.2 Å². The summed E-state index contributed by atoms with van der Waals surface area (Å²) in [6, 6.07) is 0. The number of allylic oxidation sites excluding steroid dienone is 4. The first-order chi connectivity index (χ1) is 19.3.